The summed E-state index contributed by atoms with van der Waals surface area (Å²) in [5.74, 6) is 1.89. The van der Waals surface area contributed by atoms with Crippen molar-refractivity contribution in [3.63, 3.8) is 0 Å². The predicted molar refractivity (Wildman–Crippen MR) is 72.0 cm³/mol. The molecule has 96 valence electrons. The van der Waals surface area contributed by atoms with Gasteiger partial charge in [0.05, 0.1) is 0 Å². The maximum Gasteiger partial charge on any atom is 0.248 e. The number of hydrogen-bond donors (Lipinski definition) is 0. The molecule has 0 radical (unpaired) electrons. The van der Waals surface area contributed by atoms with E-state index in [9.17, 15) is 0 Å². The Morgan fingerprint density at radius 1 is 0.895 bits per heavy atom. The molecule has 0 atom stereocenters. The molecule has 0 saturated heterocycles. The average Bonchev–Trinajstić information content (AvgIpc) is 2.99. The molecule has 0 aliphatic rings. The Hall–Kier alpha value is -2.43. The van der Waals surface area contributed by atoms with Gasteiger partial charge in [0, 0.05) is 51.0 Å². The lowest BCUT2D eigenvalue weighted by atomic mass is 10.2. The van der Waals surface area contributed by atoms with Crippen LogP contribution < -0.4 is 4.57 Å². The fourth-order valence-corrected chi connectivity index (χ4v) is 2.26. The van der Waals surface area contributed by atoms with Crippen molar-refractivity contribution in [2.24, 2.45) is 21.1 Å². The summed E-state index contributed by atoms with van der Waals surface area (Å²) in [5, 5.41) is 0. The summed E-state index contributed by atoms with van der Waals surface area (Å²) in [6, 6.07) is 6.16. The average molecular weight is 254 g/mol. The van der Waals surface area contributed by atoms with Crippen LogP contribution >= 0.6 is 0 Å². The number of nitrogens with zero attached hydrogens (tertiary/aromatic N) is 5. The first-order chi connectivity index (χ1) is 9.18. The maximum absolute atomic E-state index is 4.41. The van der Waals surface area contributed by atoms with E-state index < -0.39 is 0 Å². The van der Waals surface area contributed by atoms with E-state index in [2.05, 4.69) is 26.7 Å². The molecule has 0 aliphatic heterocycles. The summed E-state index contributed by atoms with van der Waals surface area (Å²) in [7, 11) is 6.03. The summed E-state index contributed by atoms with van der Waals surface area (Å²) in [6.45, 7) is 0. The van der Waals surface area contributed by atoms with Crippen LogP contribution in [0.2, 0.25) is 0 Å². The molecule has 5 nitrogen and oxygen atoms in total. The molecule has 19 heavy (non-hydrogen) atoms. The van der Waals surface area contributed by atoms with Crippen molar-refractivity contribution in [2.75, 3.05) is 0 Å². The van der Waals surface area contributed by atoms with Gasteiger partial charge in [0.25, 0.3) is 0 Å². The van der Waals surface area contributed by atoms with E-state index in [1.807, 2.05) is 61.1 Å². The zero-order chi connectivity index (χ0) is 13.4. The molecular formula is C14H16N5+. The molecule has 0 saturated carbocycles. The van der Waals surface area contributed by atoms with Crippen molar-refractivity contribution in [1.82, 2.24) is 19.1 Å². The molecule has 0 amide bonds. The van der Waals surface area contributed by atoms with Crippen molar-refractivity contribution >= 4 is 0 Å². The third-order valence-corrected chi connectivity index (χ3v) is 3.33. The second-order valence-electron chi connectivity index (χ2n) is 4.58. The zero-order valence-corrected chi connectivity index (χ0v) is 11.3. The SMILES string of the molecule is Cn1ccnc1-c1cccc(-c2nccn2C)[n+]1C. The number of rotatable bonds is 2. The van der Waals surface area contributed by atoms with Crippen LogP contribution in [0.15, 0.2) is 43.0 Å². The van der Waals surface area contributed by atoms with Crippen molar-refractivity contribution < 1.29 is 4.57 Å². The molecule has 0 aliphatic carbocycles. The second-order valence-corrected chi connectivity index (χ2v) is 4.58. The van der Waals surface area contributed by atoms with Crippen LogP contribution in [-0.2, 0) is 21.1 Å². The fraction of sp³-hybridized carbons (Fsp3) is 0.214. The van der Waals surface area contributed by atoms with Crippen molar-refractivity contribution in [2.45, 2.75) is 0 Å². The molecule has 0 bridgehead atoms. The lowest BCUT2D eigenvalue weighted by Crippen LogP contribution is -2.35. The number of aryl methyl sites for hydroxylation is 2. The Balaban J connectivity index is 2.21. The molecular weight excluding hydrogens is 238 g/mol. The molecule has 3 aromatic heterocycles. The number of imidazole rings is 2. The van der Waals surface area contributed by atoms with E-state index in [-0.39, 0.29) is 0 Å². The van der Waals surface area contributed by atoms with Gasteiger partial charge in [-0.1, -0.05) is 0 Å². The first-order valence-electron chi connectivity index (χ1n) is 6.13. The van der Waals surface area contributed by atoms with E-state index in [4.69, 9.17) is 0 Å². The monoisotopic (exact) mass is 254 g/mol. The normalized spacial score (nSPS) is 10.9. The molecule has 3 aromatic rings. The van der Waals surface area contributed by atoms with E-state index in [1.165, 1.54) is 0 Å². The van der Waals surface area contributed by atoms with Gasteiger partial charge >= 0.3 is 0 Å². The minimum atomic E-state index is 0.943. The molecule has 0 aromatic carbocycles. The van der Waals surface area contributed by atoms with Crippen molar-refractivity contribution in [3.05, 3.63) is 43.0 Å². The molecule has 5 heteroatoms. The summed E-state index contributed by atoms with van der Waals surface area (Å²) in [4.78, 5) is 8.81. The fourth-order valence-electron chi connectivity index (χ4n) is 2.26. The highest BCUT2D eigenvalue weighted by molar-refractivity contribution is 5.52. The Kier molecular flexibility index (Phi) is 2.67. The third kappa shape index (κ3) is 1.83. The van der Waals surface area contributed by atoms with Crippen LogP contribution in [0.25, 0.3) is 23.0 Å². The van der Waals surface area contributed by atoms with Gasteiger partial charge in [0.2, 0.25) is 23.0 Å². The maximum atomic E-state index is 4.41. The largest absolute Gasteiger partial charge is 0.329 e. The van der Waals surface area contributed by atoms with Crippen LogP contribution in [-0.4, -0.2) is 19.1 Å². The predicted octanol–water partition coefficient (Wildman–Crippen LogP) is 1.31. The van der Waals surface area contributed by atoms with Crippen LogP contribution in [0.3, 0.4) is 0 Å². The molecule has 0 unspecified atom stereocenters. The van der Waals surface area contributed by atoms with Gasteiger partial charge in [-0.05, 0) is 6.07 Å². The highest BCUT2D eigenvalue weighted by atomic mass is 15.1. The van der Waals surface area contributed by atoms with Gasteiger partial charge in [0.15, 0.2) is 0 Å². The summed E-state index contributed by atoms with van der Waals surface area (Å²) < 4.78 is 6.14. The van der Waals surface area contributed by atoms with Crippen LogP contribution in [0, 0.1) is 0 Å². The second kappa shape index (κ2) is 4.35. The van der Waals surface area contributed by atoms with Crippen LogP contribution in [0.4, 0.5) is 0 Å². The lowest BCUT2D eigenvalue weighted by Gasteiger charge is -2.05. The lowest BCUT2D eigenvalue weighted by molar-refractivity contribution is -0.649. The summed E-state index contributed by atoms with van der Waals surface area (Å²) in [5.41, 5.74) is 2.13. The number of pyridine rings is 1. The highest BCUT2D eigenvalue weighted by Gasteiger charge is 2.20. The minimum absolute atomic E-state index is 0.943. The van der Waals surface area contributed by atoms with Crippen LogP contribution in [0.1, 0.15) is 0 Å². The molecule has 0 spiro atoms. The minimum Gasteiger partial charge on any atom is -0.329 e. The van der Waals surface area contributed by atoms with Gasteiger partial charge in [-0.25, -0.2) is 9.97 Å². The van der Waals surface area contributed by atoms with Crippen LogP contribution in [0.5, 0.6) is 0 Å². The summed E-state index contributed by atoms with van der Waals surface area (Å²) >= 11 is 0. The summed E-state index contributed by atoms with van der Waals surface area (Å²) in [6.07, 6.45) is 7.51. The first kappa shape index (κ1) is 11.6. The van der Waals surface area contributed by atoms with E-state index in [0.717, 1.165) is 23.0 Å². The molecule has 0 N–H and O–H groups in total. The topological polar surface area (TPSA) is 39.5 Å². The van der Waals surface area contributed by atoms with Gasteiger partial charge < -0.3 is 9.13 Å². The zero-order valence-electron chi connectivity index (χ0n) is 11.3. The van der Waals surface area contributed by atoms with E-state index in [0.29, 0.717) is 0 Å². The van der Waals surface area contributed by atoms with Gasteiger partial charge in [0.1, 0.15) is 7.05 Å². The highest BCUT2D eigenvalue weighted by Crippen LogP contribution is 2.17. The number of hydrogen-bond acceptors (Lipinski definition) is 2. The third-order valence-electron chi connectivity index (χ3n) is 3.33. The molecule has 3 heterocycles. The van der Waals surface area contributed by atoms with Crippen molar-refractivity contribution in [1.29, 1.82) is 0 Å². The van der Waals surface area contributed by atoms with Gasteiger partial charge in [-0.2, -0.15) is 4.57 Å². The Morgan fingerprint density at radius 2 is 1.37 bits per heavy atom. The first-order valence-corrected chi connectivity index (χ1v) is 6.13. The Morgan fingerprint density at radius 3 is 1.74 bits per heavy atom. The van der Waals surface area contributed by atoms with Gasteiger partial charge in [-0.3, -0.25) is 0 Å². The number of aromatic nitrogens is 5. The molecule has 0 fully saturated rings. The van der Waals surface area contributed by atoms with E-state index in [1.54, 1.807) is 0 Å². The Bertz CT molecular complexity index is 665. The molecule has 3 rings (SSSR count). The Labute approximate surface area is 111 Å². The quantitative estimate of drug-likeness (QED) is 0.647. The van der Waals surface area contributed by atoms with Gasteiger partial charge in [-0.15, -0.1) is 0 Å². The standard InChI is InChI=1S/C14H16N5/c1-17-9-7-15-13(17)11-5-4-6-12(19(11)3)14-16-8-10-18(14)2/h4-10H,1-3H3/q+1. The van der Waals surface area contributed by atoms with Crippen molar-refractivity contribution in [3.8, 4) is 23.0 Å². The smallest absolute Gasteiger partial charge is 0.248 e. The van der Waals surface area contributed by atoms with E-state index >= 15 is 0 Å².